The van der Waals surface area contributed by atoms with Crippen LogP contribution in [0.15, 0.2) is 253 Å². The van der Waals surface area contributed by atoms with Crippen molar-refractivity contribution in [2.75, 3.05) is 0 Å². The van der Waals surface area contributed by atoms with E-state index in [0.717, 1.165) is 21.9 Å². The van der Waals surface area contributed by atoms with E-state index in [-0.39, 0.29) is 5.92 Å². The zero-order valence-electron chi connectivity index (χ0n) is 34.2. The summed E-state index contributed by atoms with van der Waals surface area (Å²) >= 11 is 0. The molecule has 0 radical (unpaired) electrons. The van der Waals surface area contributed by atoms with Crippen LogP contribution in [0.5, 0.6) is 0 Å². The Morgan fingerprint density at radius 3 is 0.984 bits per heavy atom. The molecule has 292 valence electrons. The Balaban J connectivity index is 1.01. The molecule has 0 aliphatic carbocycles. The fourth-order valence-electron chi connectivity index (χ4n) is 9.07. The Bertz CT molecular complexity index is 3230. The van der Waals surface area contributed by atoms with Crippen molar-refractivity contribution in [1.82, 2.24) is 0 Å². The highest BCUT2D eigenvalue weighted by Crippen LogP contribution is 2.40. The molecule has 62 heavy (non-hydrogen) atoms. The third kappa shape index (κ3) is 7.31. The van der Waals surface area contributed by atoms with Gasteiger partial charge in [-0.2, -0.15) is 0 Å². The molecule has 1 nitrogen and oxygen atoms in total. The molecule has 0 saturated carbocycles. The average molecular weight is 791 g/mol. The van der Waals surface area contributed by atoms with Gasteiger partial charge in [-0.15, -0.1) is 0 Å². The van der Waals surface area contributed by atoms with Crippen LogP contribution >= 0.6 is 0 Å². The van der Waals surface area contributed by atoms with Crippen molar-refractivity contribution < 1.29 is 4.42 Å². The SMILES string of the molecule is c1ccc(-c2cccc(-c3cccc(C(c4cccc(-c5cccc(-c6ccccc6)c5)c4)c4cccc(-c5cccc(-c6ccc7oc8ccccc8c7c6)c5)c4)c3)c2)cc1. The number of hydrogen-bond acceptors (Lipinski definition) is 1. The highest BCUT2D eigenvalue weighted by atomic mass is 16.3. The molecular weight excluding hydrogens is 749 g/mol. The van der Waals surface area contributed by atoms with E-state index < -0.39 is 0 Å². The molecule has 1 heteroatoms. The van der Waals surface area contributed by atoms with Crippen LogP contribution < -0.4 is 0 Å². The van der Waals surface area contributed by atoms with Gasteiger partial charge in [-0.05, 0) is 120 Å². The molecule has 11 rings (SSSR count). The minimum Gasteiger partial charge on any atom is -0.456 e. The Hall–Kier alpha value is -8.00. The van der Waals surface area contributed by atoms with Gasteiger partial charge in [-0.3, -0.25) is 0 Å². The Kier molecular flexibility index (Phi) is 9.69. The average Bonchev–Trinajstić information content (AvgIpc) is 3.73. The van der Waals surface area contributed by atoms with E-state index in [2.05, 4.69) is 237 Å². The van der Waals surface area contributed by atoms with Crippen LogP contribution in [0, 0.1) is 0 Å². The number of fused-ring (bicyclic) bond motifs is 3. The van der Waals surface area contributed by atoms with Crippen LogP contribution in [0.4, 0.5) is 0 Å². The predicted molar refractivity (Wildman–Crippen MR) is 260 cm³/mol. The van der Waals surface area contributed by atoms with Crippen molar-refractivity contribution in [2.45, 2.75) is 5.92 Å². The summed E-state index contributed by atoms with van der Waals surface area (Å²) in [5, 5.41) is 2.27. The molecule has 0 bridgehead atoms. The van der Waals surface area contributed by atoms with Crippen molar-refractivity contribution in [1.29, 1.82) is 0 Å². The summed E-state index contributed by atoms with van der Waals surface area (Å²) in [5.74, 6) is -0.0237. The van der Waals surface area contributed by atoms with Crippen molar-refractivity contribution in [3.63, 3.8) is 0 Å². The van der Waals surface area contributed by atoms with Gasteiger partial charge in [0, 0.05) is 16.7 Å². The predicted octanol–water partition coefficient (Wildman–Crippen LogP) is 16.8. The molecule has 11 aromatic rings. The van der Waals surface area contributed by atoms with Gasteiger partial charge in [0.25, 0.3) is 0 Å². The van der Waals surface area contributed by atoms with E-state index >= 15 is 0 Å². The highest BCUT2D eigenvalue weighted by Gasteiger charge is 2.20. The first kappa shape index (κ1) is 37.0. The number of rotatable bonds is 9. The summed E-state index contributed by atoms with van der Waals surface area (Å²) in [7, 11) is 0. The number of hydrogen-bond donors (Lipinski definition) is 0. The number of furan rings is 1. The number of para-hydroxylation sites is 1. The maximum atomic E-state index is 6.16. The van der Waals surface area contributed by atoms with Crippen molar-refractivity contribution in [3.8, 4) is 66.8 Å². The molecule has 0 amide bonds. The van der Waals surface area contributed by atoms with E-state index in [0.29, 0.717) is 0 Å². The summed E-state index contributed by atoms with van der Waals surface area (Å²) < 4.78 is 6.16. The van der Waals surface area contributed by atoms with Crippen molar-refractivity contribution in [3.05, 3.63) is 265 Å². The van der Waals surface area contributed by atoms with Crippen LogP contribution in [-0.2, 0) is 0 Å². The summed E-state index contributed by atoms with van der Waals surface area (Å²) in [4.78, 5) is 0. The second-order valence-electron chi connectivity index (χ2n) is 16.1. The van der Waals surface area contributed by atoms with E-state index in [1.165, 1.54) is 83.5 Å². The second-order valence-corrected chi connectivity index (χ2v) is 16.1. The molecule has 0 fully saturated rings. The lowest BCUT2D eigenvalue weighted by atomic mass is 9.82. The molecule has 0 aliphatic heterocycles. The quantitative estimate of drug-likeness (QED) is 0.133. The zero-order chi connectivity index (χ0) is 41.2. The minimum atomic E-state index is -0.0237. The second kappa shape index (κ2) is 16.2. The first-order valence-corrected chi connectivity index (χ1v) is 21.3. The van der Waals surface area contributed by atoms with E-state index in [4.69, 9.17) is 4.42 Å². The fraction of sp³-hybridized carbons (Fsp3) is 0.0164. The van der Waals surface area contributed by atoms with E-state index in [1.807, 2.05) is 12.1 Å². The maximum absolute atomic E-state index is 6.16. The third-order valence-corrected chi connectivity index (χ3v) is 12.2. The monoisotopic (exact) mass is 790 g/mol. The molecule has 10 aromatic carbocycles. The van der Waals surface area contributed by atoms with Crippen LogP contribution in [-0.4, -0.2) is 0 Å². The molecule has 0 saturated heterocycles. The van der Waals surface area contributed by atoms with Gasteiger partial charge in [0.05, 0.1) is 0 Å². The van der Waals surface area contributed by atoms with Crippen LogP contribution in [0.2, 0.25) is 0 Å². The Labute approximate surface area is 362 Å². The lowest BCUT2D eigenvalue weighted by molar-refractivity contribution is 0.669. The first-order valence-electron chi connectivity index (χ1n) is 21.3. The largest absolute Gasteiger partial charge is 0.456 e. The maximum Gasteiger partial charge on any atom is 0.135 e. The minimum absolute atomic E-state index is 0.0237. The summed E-state index contributed by atoms with van der Waals surface area (Å²) in [6.45, 7) is 0. The highest BCUT2D eigenvalue weighted by molar-refractivity contribution is 6.06. The van der Waals surface area contributed by atoms with Crippen LogP contribution in [0.3, 0.4) is 0 Å². The molecule has 0 atom stereocenters. The van der Waals surface area contributed by atoms with Gasteiger partial charge in [0.2, 0.25) is 0 Å². The first-order chi connectivity index (χ1) is 30.7. The van der Waals surface area contributed by atoms with Gasteiger partial charge in [0.1, 0.15) is 11.2 Å². The lowest BCUT2D eigenvalue weighted by Gasteiger charge is -2.22. The fourth-order valence-corrected chi connectivity index (χ4v) is 9.07. The van der Waals surface area contributed by atoms with Crippen molar-refractivity contribution in [2.24, 2.45) is 0 Å². The summed E-state index contributed by atoms with van der Waals surface area (Å²) in [5.41, 5.74) is 19.9. The third-order valence-electron chi connectivity index (χ3n) is 12.2. The van der Waals surface area contributed by atoms with Crippen LogP contribution in [0.1, 0.15) is 22.6 Å². The topological polar surface area (TPSA) is 13.1 Å². The Morgan fingerprint density at radius 2 is 0.532 bits per heavy atom. The van der Waals surface area contributed by atoms with Gasteiger partial charge in [-0.1, -0.05) is 212 Å². The summed E-state index contributed by atoms with van der Waals surface area (Å²) in [6, 6.07) is 90.2. The molecule has 1 aromatic heterocycles. The van der Waals surface area contributed by atoms with E-state index in [9.17, 15) is 0 Å². The molecule has 0 spiro atoms. The van der Waals surface area contributed by atoms with Gasteiger partial charge in [-0.25, -0.2) is 0 Å². The molecule has 0 unspecified atom stereocenters. The standard InChI is InChI=1S/C61H42O/c1-3-15-42(16-4-1)44-19-9-21-46(35-44)50-25-12-28-54(38-50)61(55-29-13-26-51(39-55)47-22-10-20-45(36-47)43-17-5-2-6-18-43)56-30-14-27-52(40-56)48-23-11-24-49(37-48)53-33-34-60-58(41-53)57-31-7-8-32-59(57)62-60/h1-41,61H. The van der Waals surface area contributed by atoms with Crippen molar-refractivity contribution >= 4 is 21.9 Å². The molecule has 0 N–H and O–H groups in total. The number of benzene rings is 10. The van der Waals surface area contributed by atoms with Gasteiger partial charge in [0.15, 0.2) is 0 Å². The summed E-state index contributed by atoms with van der Waals surface area (Å²) in [6.07, 6.45) is 0. The van der Waals surface area contributed by atoms with E-state index in [1.54, 1.807) is 0 Å². The van der Waals surface area contributed by atoms with Gasteiger partial charge >= 0.3 is 0 Å². The normalized spacial score (nSPS) is 11.4. The zero-order valence-corrected chi connectivity index (χ0v) is 34.2. The molecular formula is C61H42O. The van der Waals surface area contributed by atoms with Gasteiger partial charge < -0.3 is 4.42 Å². The molecule has 1 heterocycles. The van der Waals surface area contributed by atoms with Crippen LogP contribution in [0.25, 0.3) is 88.7 Å². The Morgan fingerprint density at radius 1 is 0.210 bits per heavy atom. The lowest BCUT2D eigenvalue weighted by Crippen LogP contribution is -2.04. The smallest absolute Gasteiger partial charge is 0.135 e. The molecule has 0 aliphatic rings.